The van der Waals surface area contributed by atoms with Crippen molar-refractivity contribution in [3.05, 3.63) is 24.3 Å². The Labute approximate surface area is 146 Å². The van der Waals surface area contributed by atoms with Crippen LogP contribution in [0.2, 0.25) is 0 Å². The molecule has 1 rings (SSSR count). The van der Waals surface area contributed by atoms with E-state index in [1.807, 2.05) is 0 Å². The quantitative estimate of drug-likeness (QED) is 0.674. The van der Waals surface area contributed by atoms with Gasteiger partial charge in [0.1, 0.15) is 5.75 Å². The predicted octanol–water partition coefficient (Wildman–Crippen LogP) is 2.45. The number of halogens is 2. The number of ether oxygens (including phenoxy) is 1. The van der Waals surface area contributed by atoms with Crippen molar-refractivity contribution in [2.75, 3.05) is 25.5 Å². The van der Waals surface area contributed by atoms with Gasteiger partial charge in [-0.1, -0.05) is 13.8 Å². The van der Waals surface area contributed by atoms with Crippen molar-refractivity contribution in [1.29, 1.82) is 0 Å². The molecular weight excluding hydrogens is 332 g/mol. The van der Waals surface area contributed by atoms with E-state index in [0.717, 1.165) is 5.69 Å². The summed E-state index contributed by atoms with van der Waals surface area (Å²) in [5, 5.41) is 3.09. The highest BCUT2D eigenvalue weighted by molar-refractivity contribution is 5.81. The molecule has 25 heavy (non-hydrogen) atoms. The molecule has 3 N–H and O–H groups in total. The second-order valence-electron chi connectivity index (χ2n) is 6.39. The van der Waals surface area contributed by atoms with Crippen LogP contribution in [0.3, 0.4) is 0 Å². The van der Waals surface area contributed by atoms with E-state index in [4.69, 9.17) is 5.73 Å². The molecule has 2 amide bonds. The maximum atomic E-state index is 12.1. The third kappa shape index (κ3) is 7.36. The fourth-order valence-electron chi connectivity index (χ4n) is 1.98. The van der Waals surface area contributed by atoms with Crippen molar-refractivity contribution < 1.29 is 23.1 Å². The van der Waals surface area contributed by atoms with Crippen molar-refractivity contribution in [2.24, 2.45) is 11.1 Å². The summed E-state index contributed by atoms with van der Waals surface area (Å²) >= 11 is 0. The number of amides is 2. The summed E-state index contributed by atoms with van der Waals surface area (Å²) in [6, 6.07) is 6.12. The molecule has 0 saturated heterocycles. The van der Waals surface area contributed by atoms with E-state index in [1.165, 1.54) is 12.1 Å². The van der Waals surface area contributed by atoms with Crippen LogP contribution in [0.25, 0.3) is 0 Å². The molecule has 0 unspecified atom stereocenters. The molecule has 1 aromatic carbocycles. The van der Waals surface area contributed by atoms with Crippen LogP contribution in [0, 0.1) is 5.41 Å². The molecule has 0 bridgehead atoms. The van der Waals surface area contributed by atoms with E-state index in [1.54, 1.807) is 37.9 Å². The van der Waals surface area contributed by atoms with Gasteiger partial charge in [0.25, 0.3) is 0 Å². The van der Waals surface area contributed by atoms with E-state index in [0.29, 0.717) is 19.5 Å². The van der Waals surface area contributed by atoms with Crippen LogP contribution in [-0.4, -0.2) is 43.5 Å². The molecule has 0 atom stereocenters. The molecule has 0 heterocycles. The summed E-state index contributed by atoms with van der Waals surface area (Å²) in [6.07, 6.45) is 0.636. The highest BCUT2D eigenvalue weighted by atomic mass is 19.3. The maximum Gasteiger partial charge on any atom is 0.387 e. The lowest BCUT2D eigenvalue weighted by Gasteiger charge is -2.22. The van der Waals surface area contributed by atoms with Crippen molar-refractivity contribution in [3.8, 4) is 5.75 Å². The third-order valence-electron chi connectivity index (χ3n) is 3.91. The molecule has 0 aliphatic rings. The summed E-state index contributed by atoms with van der Waals surface area (Å²) in [6.45, 7) is 1.54. The first kappa shape index (κ1) is 20.7. The lowest BCUT2D eigenvalue weighted by Crippen LogP contribution is -2.35. The van der Waals surface area contributed by atoms with Crippen LogP contribution in [-0.2, 0) is 9.59 Å². The molecule has 6 nitrogen and oxygen atoms in total. The Kier molecular flexibility index (Phi) is 7.60. The first-order chi connectivity index (χ1) is 11.6. The van der Waals surface area contributed by atoms with Crippen LogP contribution in [0.4, 0.5) is 14.5 Å². The largest absolute Gasteiger partial charge is 0.435 e. The fourth-order valence-corrected chi connectivity index (χ4v) is 1.98. The van der Waals surface area contributed by atoms with E-state index >= 15 is 0 Å². The number of nitrogens with two attached hydrogens (primary N) is 1. The average molecular weight is 357 g/mol. The summed E-state index contributed by atoms with van der Waals surface area (Å²) in [5.74, 6) is -0.411. The number of nitrogens with one attached hydrogen (secondary N) is 1. The lowest BCUT2D eigenvalue weighted by atomic mass is 9.87. The van der Waals surface area contributed by atoms with Gasteiger partial charge < -0.3 is 20.7 Å². The first-order valence-corrected chi connectivity index (χ1v) is 7.94. The maximum absolute atomic E-state index is 12.1. The van der Waals surface area contributed by atoms with Gasteiger partial charge in [0.15, 0.2) is 0 Å². The summed E-state index contributed by atoms with van der Waals surface area (Å²) in [5.41, 5.74) is 5.31. The number of primary amides is 1. The lowest BCUT2D eigenvalue weighted by molar-refractivity contribution is -0.131. The minimum absolute atomic E-state index is 0.0724. The predicted molar refractivity (Wildman–Crippen MR) is 91.4 cm³/mol. The number of likely N-dealkylation sites (N-methyl/N-ethyl adjacent to an activating group) is 1. The Bertz CT molecular complexity index is 577. The second kappa shape index (κ2) is 9.19. The summed E-state index contributed by atoms with van der Waals surface area (Å²) in [4.78, 5) is 24.9. The number of nitrogens with zero attached hydrogens (tertiary/aromatic N) is 1. The SMILES string of the molecule is CN(CCNc1ccc(OC(F)F)cc1)C(=O)CCC(C)(C)C(N)=O. The summed E-state index contributed by atoms with van der Waals surface area (Å²) in [7, 11) is 1.68. The molecule has 140 valence electrons. The molecule has 0 radical (unpaired) electrons. The molecule has 0 aromatic heterocycles. The van der Waals surface area contributed by atoms with E-state index in [-0.39, 0.29) is 18.1 Å². The van der Waals surface area contributed by atoms with Gasteiger partial charge in [0.2, 0.25) is 11.8 Å². The standard InChI is InChI=1S/C17H25F2N3O3/c1-17(2,15(20)24)9-8-14(23)22(3)11-10-21-12-4-6-13(7-5-12)25-16(18)19/h4-7,16,21H,8-11H2,1-3H3,(H2,20,24). The zero-order valence-corrected chi connectivity index (χ0v) is 14.7. The molecule has 0 aliphatic carbocycles. The zero-order valence-electron chi connectivity index (χ0n) is 14.7. The normalized spacial score (nSPS) is 11.3. The highest BCUT2D eigenvalue weighted by Crippen LogP contribution is 2.22. The van der Waals surface area contributed by atoms with Crippen LogP contribution >= 0.6 is 0 Å². The van der Waals surface area contributed by atoms with Gasteiger partial charge in [-0.15, -0.1) is 0 Å². The van der Waals surface area contributed by atoms with Crippen LogP contribution in [0.15, 0.2) is 24.3 Å². The minimum Gasteiger partial charge on any atom is -0.435 e. The fraction of sp³-hybridized carbons (Fsp3) is 0.529. The molecule has 1 aromatic rings. The third-order valence-corrected chi connectivity index (χ3v) is 3.91. The monoisotopic (exact) mass is 357 g/mol. The number of carbonyl (C=O) groups excluding carboxylic acids is 2. The number of hydrogen-bond donors (Lipinski definition) is 2. The smallest absolute Gasteiger partial charge is 0.387 e. The Morgan fingerprint density at radius 3 is 2.40 bits per heavy atom. The van der Waals surface area contributed by atoms with E-state index in [2.05, 4.69) is 10.1 Å². The second-order valence-corrected chi connectivity index (χ2v) is 6.39. The number of alkyl halides is 2. The number of rotatable bonds is 10. The number of carbonyl (C=O) groups is 2. The first-order valence-electron chi connectivity index (χ1n) is 7.94. The van der Waals surface area contributed by atoms with Gasteiger partial charge in [0, 0.05) is 37.7 Å². The number of hydrogen-bond acceptors (Lipinski definition) is 4. The van der Waals surface area contributed by atoms with Crippen molar-refractivity contribution in [1.82, 2.24) is 4.90 Å². The number of benzene rings is 1. The molecular formula is C17H25F2N3O3. The van der Waals surface area contributed by atoms with Gasteiger partial charge >= 0.3 is 6.61 Å². The van der Waals surface area contributed by atoms with E-state index in [9.17, 15) is 18.4 Å². The topological polar surface area (TPSA) is 84.7 Å². The molecule has 0 fully saturated rings. The van der Waals surface area contributed by atoms with E-state index < -0.39 is 17.9 Å². The Balaban J connectivity index is 2.35. The van der Waals surface area contributed by atoms with Gasteiger partial charge in [-0.05, 0) is 30.7 Å². The molecule has 0 aliphatic heterocycles. The number of anilines is 1. The van der Waals surface area contributed by atoms with Crippen LogP contribution in [0.1, 0.15) is 26.7 Å². The molecule has 0 spiro atoms. The zero-order chi connectivity index (χ0) is 19.0. The minimum atomic E-state index is -2.85. The van der Waals surface area contributed by atoms with Crippen LogP contribution < -0.4 is 15.8 Å². The summed E-state index contributed by atoms with van der Waals surface area (Å²) < 4.78 is 28.4. The van der Waals surface area contributed by atoms with Crippen molar-refractivity contribution in [3.63, 3.8) is 0 Å². The van der Waals surface area contributed by atoms with Gasteiger partial charge in [-0.2, -0.15) is 8.78 Å². The highest BCUT2D eigenvalue weighted by Gasteiger charge is 2.26. The Hall–Kier alpha value is -2.38. The van der Waals surface area contributed by atoms with Gasteiger partial charge in [0.05, 0.1) is 0 Å². The van der Waals surface area contributed by atoms with Gasteiger partial charge in [-0.3, -0.25) is 9.59 Å². The molecule has 8 heteroatoms. The Morgan fingerprint density at radius 2 is 1.88 bits per heavy atom. The van der Waals surface area contributed by atoms with Crippen molar-refractivity contribution >= 4 is 17.5 Å². The van der Waals surface area contributed by atoms with Crippen molar-refractivity contribution in [2.45, 2.75) is 33.3 Å². The Morgan fingerprint density at radius 1 is 1.28 bits per heavy atom. The van der Waals surface area contributed by atoms with Gasteiger partial charge in [-0.25, -0.2) is 0 Å². The van der Waals surface area contributed by atoms with Crippen LogP contribution in [0.5, 0.6) is 5.75 Å². The molecule has 0 saturated carbocycles. The average Bonchev–Trinajstić information content (AvgIpc) is 2.53.